The highest BCUT2D eigenvalue weighted by Crippen LogP contribution is 2.47. The zero-order valence-electron chi connectivity index (χ0n) is 13.2. The third-order valence-electron chi connectivity index (χ3n) is 3.66. The average Bonchev–Trinajstić information content (AvgIpc) is 2.58. The number of benzene rings is 2. The third kappa shape index (κ3) is 5.59. The first-order chi connectivity index (χ1) is 10.8. The molecule has 0 amide bonds. The van der Waals surface area contributed by atoms with Gasteiger partial charge in [-0.15, -0.1) is 0 Å². The summed E-state index contributed by atoms with van der Waals surface area (Å²) >= 11 is 6.64. The Hall–Kier alpha value is -1.10. The Kier molecular flexibility index (Phi) is 7.71. The van der Waals surface area contributed by atoms with E-state index in [0.29, 0.717) is 0 Å². The van der Waals surface area contributed by atoms with E-state index in [-0.39, 0.29) is 0 Å². The predicted octanol–water partition coefficient (Wildman–Crippen LogP) is 7.29. The summed E-state index contributed by atoms with van der Waals surface area (Å²) in [5.74, 6) is 2.29. The van der Waals surface area contributed by atoms with Gasteiger partial charge in [-0.3, -0.25) is 0 Å². The minimum Gasteiger partial charge on any atom is -0.0918 e. The zero-order valence-corrected chi connectivity index (χ0v) is 14.9. The van der Waals surface area contributed by atoms with Crippen LogP contribution in [0.2, 0.25) is 0 Å². The van der Waals surface area contributed by atoms with Crippen LogP contribution in [0.15, 0.2) is 66.5 Å². The van der Waals surface area contributed by atoms with Crippen molar-refractivity contribution in [1.29, 1.82) is 0 Å². The van der Waals surface area contributed by atoms with E-state index in [4.69, 9.17) is 11.2 Å². The molecule has 116 valence electrons. The number of hydrogen-bond donors (Lipinski definition) is 0. The number of unbranched alkanes of at least 4 members (excludes halogenated alkanes) is 3. The van der Waals surface area contributed by atoms with Gasteiger partial charge in [0.15, 0.2) is 0 Å². The molecular formula is C20H24ClP. The molecule has 0 N–H and O–H groups in total. The second-order valence-corrected chi connectivity index (χ2v) is 8.27. The van der Waals surface area contributed by atoms with Crippen LogP contribution in [0, 0.1) is 0 Å². The maximum atomic E-state index is 6.64. The summed E-state index contributed by atoms with van der Waals surface area (Å²) in [6, 6.07) is 21.1. The Balaban J connectivity index is 2.16. The average molecular weight is 331 g/mol. The van der Waals surface area contributed by atoms with Crippen LogP contribution in [-0.2, 0) is 0 Å². The Labute approximate surface area is 140 Å². The number of hydrogen-bond acceptors (Lipinski definition) is 0. The van der Waals surface area contributed by atoms with E-state index in [1.807, 2.05) is 0 Å². The highest BCUT2D eigenvalue weighted by Gasteiger charge is 2.08. The van der Waals surface area contributed by atoms with Crippen molar-refractivity contribution in [3.63, 3.8) is 0 Å². The van der Waals surface area contributed by atoms with Gasteiger partial charge in [0.25, 0.3) is 0 Å². The molecule has 0 saturated heterocycles. The van der Waals surface area contributed by atoms with Crippen LogP contribution in [-0.4, -0.2) is 6.16 Å². The lowest BCUT2D eigenvalue weighted by atomic mass is 10.00. The molecule has 2 heteroatoms. The molecule has 0 saturated carbocycles. The molecule has 0 radical (unpaired) electrons. The van der Waals surface area contributed by atoms with Crippen LogP contribution in [0.5, 0.6) is 0 Å². The predicted molar refractivity (Wildman–Crippen MR) is 102 cm³/mol. The molecule has 0 nitrogen and oxygen atoms in total. The van der Waals surface area contributed by atoms with Crippen molar-refractivity contribution in [2.24, 2.45) is 0 Å². The summed E-state index contributed by atoms with van der Waals surface area (Å²) in [4.78, 5) is 0. The molecule has 0 aliphatic heterocycles. The van der Waals surface area contributed by atoms with E-state index < -0.39 is 7.27 Å². The highest BCUT2D eigenvalue weighted by atomic mass is 35.7. The second-order valence-electron chi connectivity index (χ2n) is 5.46. The molecule has 1 atom stereocenters. The first-order valence-electron chi connectivity index (χ1n) is 8.06. The molecule has 0 aliphatic carbocycles. The molecule has 2 aromatic carbocycles. The van der Waals surface area contributed by atoms with Gasteiger partial charge in [-0.2, -0.15) is 0 Å². The molecule has 2 aromatic rings. The molecule has 0 aliphatic rings. The van der Waals surface area contributed by atoms with Gasteiger partial charge < -0.3 is 0 Å². The van der Waals surface area contributed by atoms with E-state index in [2.05, 4.69) is 73.4 Å². The van der Waals surface area contributed by atoms with Crippen molar-refractivity contribution in [3.05, 3.63) is 77.6 Å². The van der Waals surface area contributed by atoms with Gasteiger partial charge in [-0.1, -0.05) is 98.1 Å². The smallest absolute Gasteiger partial charge is 0.0145 e. The second kappa shape index (κ2) is 9.82. The van der Waals surface area contributed by atoms with Crippen LogP contribution in [0.3, 0.4) is 0 Å². The maximum Gasteiger partial charge on any atom is 0.0145 e. The van der Waals surface area contributed by atoms with Crippen LogP contribution in [0.25, 0.3) is 5.57 Å². The summed E-state index contributed by atoms with van der Waals surface area (Å²) in [6.45, 7) is 2.24. The quantitative estimate of drug-likeness (QED) is 0.352. The van der Waals surface area contributed by atoms with Gasteiger partial charge >= 0.3 is 0 Å². The summed E-state index contributed by atoms with van der Waals surface area (Å²) in [6.07, 6.45) is 6.22. The lowest BCUT2D eigenvalue weighted by Crippen LogP contribution is -1.88. The lowest BCUT2D eigenvalue weighted by Gasteiger charge is -2.12. The molecule has 1 unspecified atom stereocenters. The van der Waals surface area contributed by atoms with Crippen molar-refractivity contribution in [2.75, 3.05) is 6.16 Å². The minimum absolute atomic E-state index is 0.574. The SMILES string of the molecule is CCCCCCP(Cl)C=C(c1ccccc1)c1ccccc1. The number of halogens is 1. The van der Waals surface area contributed by atoms with Crippen LogP contribution in [0.4, 0.5) is 0 Å². The molecule has 0 spiro atoms. The van der Waals surface area contributed by atoms with E-state index in [0.717, 1.165) is 6.16 Å². The summed E-state index contributed by atoms with van der Waals surface area (Å²) in [5.41, 5.74) is 3.75. The molecular weight excluding hydrogens is 307 g/mol. The fraction of sp³-hybridized carbons (Fsp3) is 0.300. The zero-order chi connectivity index (χ0) is 15.6. The van der Waals surface area contributed by atoms with Crippen molar-refractivity contribution in [1.82, 2.24) is 0 Å². The van der Waals surface area contributed by atoms with E-state index in [1.54, 1.807) is 0 Å². The Morgan fingerprint density at radius 2 is 1.41 bits per heavy atom. The molecule has 0 fully saturated rings. The van der Waals surface area contributed by atoms with Gasteiger partial charge in [0.2, 0.25) is 0 Å². The Morgan fingerprint density at radius 1 is 0.864 bits per heavy atom. The standard InChI is InChI=1S/C20H24ClP/c1-2-3-4-11-16-22(21)17-20(18-12-7-5-8-13-18)19-14-9-6-10-15-19/h5-10,12-15,17H,2-4,11,16H2,1H3. The molecule has 22 heavy (non-hydrogen) atoms. The van der Waals surface area contributed by atoms with E-state index >= 15 is 0 Å². The van der Waals surface area contributed by atoms with Gasteiger partial charge in [-0.05, 0) is 35.1 Å². The van der Waals surface area contributed by atoms with Crippen molar-refractivity contribution in [3.8, 4) is 0 Å². The highest BCUT2D eigenvalue weighted by molar-refractivity contribution is 7.86. The van der Waals surface area contributed by atoms with Crippen LogP contribution in [0.1, 0.15) is 43.7 Å². The van der Waals surface area contributed by atoms with Crippen LogP contribution < -0.4 is 0 Å². The molecule has 0 aromatic heterocycles. The topological polar surface area (TPSA) is 0 Å². The van der Waals surface area contributed by atoms with Crippen LogP contribution >= 0.6 is 18.5 Å². The lowest BCUT2D eigenvalue weighted by molar-refractivity contribution is 0.706. The van der Waals surface area contributed by atoms with Gasteiger partial charge in [0.05, 0.1) is 0 Å². The summed E-state index contributed by atoms with van der Waals surface area (Å²) < 4.78 is 0. The Morgan fingerprint density at radius 3 is 1.91 bits per heavy atom. The van der Waals surface area contributed by atoms with Crippen molar-refractivity contribution in [2.45, 2.75) is 32.6 Å². The first kappa shape index (κ1) is 17.3. The maximum absolute atomic E-state index is 6.64. The van der Waals surface area contributed by atoms with E-state index in [9.17, 15) is 0 Å². The summed E-state index contributed by atoms with van der Waals surface area (Å²) in [7, 11) is -0.574. The summed E-state index contributed by atoms with van der Waals surface area (Å²) in [5, 5.41) is 0. The van der Waals surface area contributed by atoms with Gasteiger partial charge in [0.1, 0.15) is 0 Å². The Bertz CT molecular complexity index is 521. The monoisotopic (exact) mass is 330 g/mol. The fourth-order valence-corrected chi connectivity index (χ4v) is 4.33. The molecule has 2 rings (SSSR count). The minimum atomic E-state index is -0.574. The van der Waals surface area contributed by atoms with Crippen molar-refractivity contribution < 1.29 is 0 Å². The van der Waals surface area contributed by atoms with E-state index in [1.165, 1.54) is 42.4 Å². The largest absolute Gasteiger partial charge is 0.0918 e. The third-order valence-corrected chi connectivity index (χ3v) is 5.75. The van der Waals surface area contributed by atoms with Gasteiger partial charge in [-0.25, -0.2) is 0 Å². The molecule has 0 bridgehead atoms. The van der Waals surface area contributed by atoms with Gasteiger partial charge in [0, 0.05) is 7.27 Å². The first-order valence-corrected chi connectivity index (χ1v) is 10.6. The molecule has 0 heterocycles. The fourth-order valence-electron chi connectivity index (χ4n) is 2.45. The van der Waals surface area contributed by atoms with Crippen molar-refractivity contribution >= 4 is 24.1 Å². The number of rotatable bonds is 8. The normalized spacial score (nSPS) is 11.9.